The van der Waals surface area contributed by atoms with Gasteiger partial charge in [-0.15, -0.1) is 0 Å². The average molecular weight is 1050 g/mol. The van der Waals surface area contributed by atoms with E-state index in [0.29, 0.717) is 19.3 Å². The maximum Gasteiger partial charge on any atom is 0.306 e. The summed E-state index contributed by atoms with van der Waals surface area (Å²) in [5, 5.41) is 0. The van der Waals surface area contributed by atoms with Gasteiger partial charge >= 0.3 is 17.9 Å². The van der Waals surface area contributed by atoms with E-state index < -0.39 is 6.10 Å². The molecule has 0 bridgehead atoms. The van der Waals surface area contributed by atoms with Crippen LogP contribution in [0.4, 0.5) is 0 Å². The summed E-state index contributed by atoms with van der Waals surface area (Å²) in [6, 6.07) is 0. The van der Waals surface area contributed by atoms with Crippen molar-refractivity contribution in [3.8, 4) is 0 Å². The van der Waals surface area contributed by atoms with Crippen LogP contribution < -0.4 is 0 Å². The Bertz CT molecular complexity index is 1300. The van der Waals surface area contributed by atoms with Gasteiger partial charge in [0.05, 0.1) is 0 Å². The smallest absolute Gasteiger partial charge is 0.306 e. The van der Waals surface area contributed by atoms with Gasteiger partial charge in [-0.25, -0.2) is 0 Å². The highest BCUT2D eigenvalue weighted by atomic mass is 16.6. The molecule has 0 heterocycles. The summed E-state index contributed by atoms with van der Waals surface area (Å²) in [7, 11) is 0. The summed E-state index contributed by atoms with van der Waals surface area (Å²) < 4.78 is 16.9. The van der Waals surface area contributed by atoms with E-state index in [-0.39, 0.29) is 31.1 Å². The zero-order chi connectivity index (χ0) is 54.3. The molecule has 0 aliphatic heterocycles. The van der Waals surface area contributed by atoms with Gasteiger partial charge in [0, 0.05) is 19.3 Å². The lowest BCUT2D eigenvalue weighted by Crippen LogP contribution is -2.30. The number of allylic oxidation sites excluding steroid dienone is 8. The normalized spacial score (nSPS) is 12.3. The molecule has 0 radical (unpaired) electrons. The van der Waals surface area contributed by atoms with Crippen LogP contribution in [0.25, 0.3) is 0 Å². The Morgan fingerprint density at radius 3 is 0.800 bits per heavy atom. The van der Waals surface area contributed by atoms with Crippen molar-refractivity contribution in [2.24, 2.45) is 0 Å². The minimum atomic E-state index is -0.785. The summed E-state index contributed by atoms with van der Waals surface area (Å²) in [6.07, 6.45) is 80.0. The summed E-state index contributed by atoms with van der Waals surface area (Å²) in [5.74, 6) is -0.890. The molecule has 0 N–H and O–H groups in total. The van der Waals surface area contributed by atoms with Crippen molar-refractivity contribution in [2.75, 3.05) is 13.2 Å². The second kappa shape index (κ2) is 63.9. The van der Waals surface area contributed by atoms with Crippen LogP contribution in [0.2, 0.25) is 0 Å². The van der Waals surface area contributed by atoms with E-state index in [1.54, 1.807) is 0 Å². The van der Waals surface area contributed by atoms with Crippen LogP contribution in [0.5, 0.6) is 0 Å². The van der Waals surface area contributed by atoms with Crippen LogP contribution in [-0.4, -0.2) is 37.2 Å². The number of hydrogen-bond acceptors (Lipinski definition) is 6. The topological polar surface area (TPSA) is 78.9 Å². The highest BCUT2D eigenvalue weighted by molar-refractivity contribution is 5.71. The second-order valence-corrected chi connectivity index (χ2v) is 22.4. The van der Waals surface area contributed by atoms with E-state index >= 15 is 0 Å². The van der Waals surface area contributed by atoms with E-state index in [9.17, 15) is 14.4 Å². The molecule has 0 aromatic heterocycles. The SMILES string of the molecule is CCC/C=C\C/C=C\CCCCCCCC(=O)OCC(COC(=O)CCCCCCCCCCCCCCCCCCCCCCCCCCCCCC)OC(=O)CCCCCCC/C=C\C/C=C\CCCCCC. The first-order valence-electron chi connectivity index (χ1n) is 33.1. The second-order valence-electron chi connectivity index (χ2n) is 22.4. The summed E-state index contributed by atoms with van der Waals surface area (Å²) in [4.78, 5) is 38.3. The number of hydrogen-bond donors (Lipinski definition) is 0. The molecule has 0 aromatic carbocycles. The number of rotatable bonds is 61. The van der Waals surface area contributed by atoms with Crippen LogP contribution in [0.15, 0.2) is 48.6 Å². The van der Waals surface area contributed by atoms with E-state index in [0.717, 1.165) is 109 Å². The molecule has 0 saturated heterocycles. The molecule has 0 aliphatic rings. The first kappa shape index (κ1) is 72.4. The predicted octanol–water partition coefficient (Wildman–Crippen LogP) is 22.6. The van der Waals surface area contributed by atoms with Gasteiger partial charge in [0.1, 0.15) is 13.2 Å². The fraction of sp³-hybridized carbons (Fsp3) is 0.841. The number of ether oxygens (including phenoxy) is 3. The highest BCUT2D eigenvalue weighted by Gasteiger charge is 2.19. The van der Waals surface area contributed by atoms with E-state index in [1.807, 2.05) is 0 Å². The lowest BCUT2D eigenvalue weighted by atomic mass is 10.0. The van der Waals surface area contributed by atoms with E-state index in [4.69, 9.17) is 14.2 Å². The molecule has 0 fully saturated rings. The van der Waals surface area contributed by atoms with Gasteiger partial charge in [-0.1, -0.05) is 307 Å². The van der Waals surface area contributed by atoms with E-state index in [2.05, 4.69) is 69.4 Å². The monoisotopic (exact) mass is 1050 g/mol. The molecule has 438 valence electrons. The Labute approximate surface area is 467 Å². The first-order valence-corrected chi connectivity index (χ1v) is 33.1. The molecule has 6 nitrogen and oxygen atoms in total. The summed E-state index contributed by atoms with van der Waals surface area (Å²) in [5.41, 5.74) is 0. The van der Waals surface area contributed by atoms with Crippen LogP contribution in [-0.2, 0) is 28.6 Å². The van der Waals surface area contributed by atoms with Crippen LogP contribution >= 0.6 is 0 Å². The lowest BCUT2D eigenvalue weighted by molar-refractivity contribution is -0.167. The number of carbonyl (C=O) groups excluding carboxylic acids is 3. The highest BCUT2D eigenvalue weighted by Crippen LogP contribution is 2.18. The van der Waals surface area contributed by atoms with Gasteiger partial charge < -0.3 is 14.2 Å². The average Bonchev–Trinajstić information content (AvgIpc) is 3.41. The van der Waals surface area contributed by atoms with Gasteiger partial charge in [0.15, 0.2) is 6.10 Å². The first-order chi connectivity index (χ1) is 37.0. The summed E-state index contributed by atoms with van der Waals surface area (Å²) in [6.45, 7) is 6.59. The van der Waals surface area contributed by atoms with Crippen LogP contribution in [0.3, 0.4) is 0 Å². The van der Waals surface area contributed by atoms with Crippen LogP contribution in [0.1, 0.15) is 355 Å². The number of esters is 3. The van der Waals surface area contributed by atoms with Crippen molar-refractivity contribution in [3.63, 3.8) is 0 Å². The molecule has 0 aliphatic carbocycles. The molecule has 0 saturated carbocycles. The van der Waals surface area contributed by atoms with Gasteiger partial charge in [-0.3, -0.25) is 14.4 Å². The molecule has 0 spiro atoms. The van der Waals surface area contributed by atoms with Crippen molar-refractivity contribution in [1.82, 2.24) is 0 Å². The zero-order valence-electron chi connectivity index (χ0n) is 50.3. The standard InChI is InChI=1S/C69H126O6/c1-4-7-10-13-16-19-22-25-27-29-30-31-32-33-34-35-36-37-38-39-40-42-44-47-50-53-56-59-62-68(71)74-65-66(64-73-67(70)61-58-55-52-49-46-43-24-21-18-15-12-9-6-3)75-69(72)63-60-57-54-51-48-45-41-28-26-23-20-17-14-11-8-5-2/h12,15,20-21,23-24,28,41,66H,4-11,13-14,16-19,22,25-27,29-40,42-65H2,1-3H3/b15-12-,23-20-,24-21-,41-28-. The maximum atomic E-state index is 12.9. The molecule has 1 unspecified atom stereocenters. The third kappa shape index (κ3) is 62.1. The lowest BCUT2D eigenvalue weighted by Gasteiger charge is -2.18. The number of carbonyl (C=O) groups is 3. The van der Waals surface area contributed by atoms with Crippen molar-refractivity contribution < 1.29 is 28.6 Å². The Balaban J connectivity index is 4.19. The molecular formula is C69H126O6. The molecule has 75 heavy (non-hydrogen) atoms. The molecule has 0 aromatic rings. The predicted molar refractivity (Wildman–Crippen MR) is 325 cm³/mol. The quantitative estimate of drug-likeness (QED) is 0.0261. The Kier molecular flexibility index (Phi) is 61.7. The van der Waals surface area contributed by atoms with Crippen molar-refractivity contribution in [3.05, 3.63) is 48.6 Å². The van der Waals surface area contributed by atoms with Gasteiger partial charge in [-0.2, -0.15) is 0 Å². The molecule has 6 heteroatoms. The van der Waals surface area contributed by atoms with Gasteiger partial charge in [-0.05, 0) is 77.0 Å². The third-order valence-corrected chi connectivity index (χ3v) is 14.8. The molecule has 1 atom stereocenters. The van der Waals surface area contributed by atoms with E-state index in [1.165, 1.54) is 205 Å². The minimum absolute atomic E-state index is 0.0802. The Hall–Kier alpha value is -2.63. The molecule has 0 amide bonds. The van der Waals surface area contributed by atoms with Crippen molar-refractivity contribution >= 4 is 17.9 Å². The maximum absolute atomic E-state index is 12.9. The third-order valence-electron chi connectivity index (χ3n) is 14.8. The molecular weight excluding hydrogens is 925 g/mol. The van der Waals surface area contributed by atoms with Gasteiger partial charge in [0.25, 0.3) is 0 Å². The van der Waals surface area contributed by atoms with Gasteiger partial charge in [0.2, 0.25) is 0 Å². The summed E-state index contributed by atoms with van der Waals surface area (Å²) >= 11 is 0. The fourth-order valence-corrected chi connectivity index (χ4v) is 9.81. The van der Waals surface area contributed by atoms with Crippen molar-refractivity contribution in [1.29, 1.82) is 0 Å². The minimum Gasteiger partial charge on any atom is -0.462 e. The Morgan fingerprint density at radius 1 is 0.267 bits per heavy atom. The van der Waals surface area contributed by atoms with Crippen LogP contribution in [0, 0.1) is 0 Å². The Morgan fingerprint density at radius 2 is 0.507 bits per heavy atom. The largest absolute Gasteiger partial charge is 0.462 e. The molecule has 0 rings (SSSR count). The fourth-order valence-electron chi connectivity index (χ4n) is 9.81. The zero-order valence-corrected chi connectivity index (χ0v) is 50.3. The van der Waals surface area contributed by atoms with Crippen molar-refractivity contribution in [2.45, 2.75) is 361 Å². The number of unbranched alkanes of at least 4 members (excludes halogenated alkanes) is 42.